The molecule has 0 aromatic heterocycles. The lowest BCUT2D eigenvalue weighted by molar-refractivity contribution is -0.132. The second-order valence-electron chi connectivity index (χ2n) is 9.60. The van der Waals surface area contributed by atoms with Gasteiger partial charge in [-0.15, -0.1) is 0 Å². The van der Waals surface area contributed by atoms with Gasteiger partial charge in [-0.1, -0.05) is 12.8 Å². The highest BCUT2D eigenvalue weighted by Crippen LogP contribution is 2.25. The zero-order chi connectivity index (χ0) is 21.9. The quantitative estimate of drug-likeness (QED) is 0.397. The van der Waals surface area contributed by atoms with E-state index in [4.69, 9.17) is 0 Å². The number of fused-ring (bicyclic) bond motifs is 1. The number of hydrogen-bond donors (Lipinski definition) is 6. The normalized spacial score (nSPS) is 34.3. The monoisotopic (exact) mass is 443 g/mol. The summed E-state index contributed by atoms with van der Waals surface area (Å²) in [5, 5.41) is 20.9. The molecule has 4 heterocycles. The van der Waals surface area contributed by atoms with Gasteiger partial charge in [0.2, 0.25) is 5.91 Å². The van der Waals surface area contributed by atoms with Crippen molar-refractivity contribution < 1.29 is 9.90 Å². The van der Waals surface area contributed by atoms with Crippen molar-refractivity contribution in [2.45, 2.75) is 63.1 Å². The molecule has 9 nitrogen and oxygen atoms in total. The number of β-amino-alcohol motifs (C(OH)–C–C–N with tert-alkyl or cyclic N) is 1. The Morgan fingerprint density at radius 2 is 1.75 bits per heavy atom. The molecule has 4 saturated heterocycles. The Morgan fingerprint density at radius 1 is 0.969 bits per heavy atom. The maximum absolute atomic E-state index is 12.7. The Bertz CT molecular complexity index is 768. The highest BCUT2D eigenvalue weighted by molar-refractivity contribution is 5.81. The summed E-state index contributed by atoms with van der Waals surface area (Å²) in [6, 6.07) is 8.43. The van der Waals surface area contributed by atoms with E-state index in [1.165, 1.54) is 25.7 Å². The van der Waals surface area contributed by atoms with Crippen molar-refractivity contribution in [3.05, 3.63) is 24.3 Å². The van der Waals surface area contributed by atoms with Crippen molar-refractivity contribution in [1.82, 2.24) is 26.4 Å². The van der Waals surface area contributed by atoms with Gasteiger partial charge in [-0.05, 0) is 49.9 Å². The number of hydrazine groups is 1. The number of hydrogen-bond acceptors (Lipinski definition) is 8. The Balaban J connectivity index is 1.30. The maximum Gasteiger partial charge on any atom is 0.242 e. The molecule has 0 saturated carbocycles. The molecule has 6 N–H and O–H groups in total. The summed E-state index contributed by atoms with van der Waals surface area (Å²) in [6.07, 6.45) is 6.57. The number of nitrogens with zero attached hydrogens (tertiary/aromatic N) is 2. The lowest BCUT2D eigenvalue weighted by Crippen LogP contribution is -2.76. The number of likely N-dealkylation sites (tertiary alicyclic amines) is 1. The van der Waals surface area contributed by atoms with Crippen molar-refractivity contribution in [2.75, 3.05) is 42.9 Å². The van der Waals surface area contributed by atoms with E-state index >= 15 is 0 Å². The van der Waals surface area contributed by atoms with Gasteiger partial charge in [-0.2, -0.15) is 0 Å². The Hall–Kier alpha value is -1.91. The van der Waals surface area contributed by atoms with Crippen molar-refractivity contribution in [3.8, 4) is 0 Å². The van der Waals surface area contributed by atoms with Crippen LogP contribution in [0.3, 0.4) is 0 Å². The summed E-state index contributed by atoms with van der Waals surface area (Å²) in [5.74, 6) is -0.205. The molecule has 9 heteroatoms. The molecule has 176 valence electrons. The van der Waals surface area contributed by atoms with Gasteiger partial charge in [-0.3, -0.25) is 25.8 Å². The van der Waals surface area contributed by atoms with Crippen LogP contribution in [0.2, 0.25) is 0 Å². The van der Waals surface area contributed by atoms with Crippen molar-refractivity contribution >= 4 is 17.3 Å². The number of nitrogens with one attached hydrogen (secondary N) is 5. The van der Waals surface area contributed by atoms with E-state index in [-0.39, 0.29) is 36.4 Å². The SMILES string of the molecule is O=C1NNCC2NC(N3CCCCCC3)NC(Nc3ccc(N4CCCC(O)C4)cc3)C12. The topological polar surface area (TPSA) is 104 Å². The number of carbonyl (C=O) groups excluding carboxylic acids is 1. The van der Waals surface area contributed by atoms with Gasteiger partial charge in [-0.25, -0.2) is 5.43 Å². The lowest BCUT2D eigenvalue weighted by atomic mass is 9.91. The summed E-state index contributed by atoms with van der Waals surface area (Å²) in [5.41, 5.74) is 7.97. The first-order chi connectivity index (χ1) is 15.7. The molecular weight excluding hydrogens is 406 g/mol. The maximum atomic E-state index is 12.7. The van der Waals surface area contributed by atoms with Gasteiger partial charge in [0.25, 0.3) is 0 Å². The van der Waals surface area contributed by atoms with E-state index < -0.39 is 0 Å². The fourth-order valence-corrected chi connectivity index (χ4v) is 5.54. The molecule has 32 heavy (non-hydrogen) atoms. The molecule has 4 aliphatic heterocycles. The van der Waals surface area contributed by atoms with Crippen LogP contribution in [-0.4, -0.2) is 73.2 Å². The molecule has 5 unspecified atom stereocenters. The predicted octanol–water partition coefficient (Wildman–Crippen LogP) is 0.357. The van der Waals surface area contributed by atoms with Crippen molar-refractivity contribution in [3.63, 3.8) is 0 Å². The highest BCUT2D eigenvalue weighted by Gasteiger charge is 2.44. The van der Waals surface area contributed by atoms with Crippen LogP contribution in [0.25, 0.3) is 0 Å². The Kier molecular flexibility index (Phi) is 6.80. The first-order valence-electron chi connectivity index (χ1n) is 12.3. The van der Waals surface area contributed by atoms with Crippen LogP contribution >= 0.6 is 0 Å². The van der Waals surface area contributed by atoms with E-state index in [0.29, 0.717) is 13.1 Å². The average Bonchev–Trinajstić information content (AvgIpc) is 3.09. The van der Waals surface area contributed by atoms with E-state index in [0.717, 1.165) is 43.9 Å². The van der Waals surface area contributed by atoms with Crippen LogP contribution in [0.5, 0.6) is 0 Å². The zero-order valence-electron chi connectivity index (χ0n) is 18.7. The second kappa shape index (κ2) is 9.93. The lowest BCUT2D eigenvalue weighted by Gasteiger charge is -2.48. The van der Waals surface area contributed by atoms with E-state index in [1.54, 1.807) is 0 Å². The van der Waals surface area contributed by atoms with Crippen LogP contribution in [-0.2, 0) is 4.79 Å². The number of aliphatic hydroxyl groups is 1. The summed E-state index contributed by atoms with van der Waals surface area (Å²) >= 11 is 0. The number of benzene rings is 1. The van der Waals surface area contributed by atoms with Crippen molar-refractivity contribution in [2.24, 2.45) is 5.92 Å². The van der Waals surface area contributed by atoms with E-state index in [1.807, 2.05) is 0 Å². The molecule has 1 aromatic rings. The first kappa shape index (κ1) is 21.9. The van der Waals surface area contributed by atoms with E-state index in [2.05, 4.69) is 60.9 Å². The minimum Gasteiger partial charge on any atom is -0.391 e. The van der Waals surface area contributed by atoms with E-state index in [9.17, 15) is 9.90 Å². The van der Waals surface area contributed by atoms with Crippen LogP contribution in [0, 0.1) is 5.92 Å². The average molecular weight is 444 g/mol. The van der Waals surface area contributed by atoms with Gasteiger partial charge in [0.1, 0.15) is 6.29 Å². The first-order valence-corrected chi connectivity index (χ1v) is 12.3. The number of rotatable bonds is 4. The summed E-state index contributed by atoms with van der Waals surface area (Å²) in [6.45, 7) is 4.53. The molecule has 4 fully saturated rings. The van der Waals surface area contributed by atoms with Gasteiger partial charge in [0, 0.05) is 50.1 Å². The predicted molar refractivity (Wildman–Crippen MR) is 125 cm³/mol. The molecule has 5 atom stereocenters. The minimum absolute atomic E-state index is 0.00647. The summed E-state index contributed by atoms with van der Waals surface area (Å²) < 4.78 is 0. The number of aliphatic hydroxyl groups excluding tert-OH is 1. The molecule has 1 amide bonds. The van der Waals surface area contributed by atoms with Gasteiger partial charge in [0.15, 0.2) is 0 Å². The third kappa shape index (κ3) is 4.87. The second-order valence-corrected chi connectivity index (χ2v) is 9.60. The molecule has 0 radical (unpaired) electrons. The zero-order valence-corrected chi connectivity index (χ0v) is 18.7. The number of carbonyl (C=O) groups is 1. The Labute approximate surface area is 190 Å². The number of piperidine rings is 1. The van der Waals surface area contributed by atoms with Crippen molar-refractivity contribution in [1.29, 1.82) is 0 Å². The van der Waals surface area contributed by atoms with Crippen LogP contribution < -0.4 is 31.7 Å². The molecule has 0 spiro atoms. The molecule has 0 bridgehead atoms. The van der Waals surface area contributed by atoms with Gasteiger partial charge >= 0.3 is 0 Å². The smallest absolute Gasteiger partial charge is 0.242 e. The minimum atomic E-state index is -0.244. The standard InChI is InChI=1S/C23H37N7O2/c31-18-6-5-13-30(15-18)17-9-7-16(8-10-17)25-21-20-19(14-24-28-22(20)32)26-23(27-21)29-11-3-1-2-4-12-29/h7-10,18-21,23-27,31H,1-6,11-15H2,(H,28,32). The molecule has 5 rings (SSSR count). The molecule has 1 aromatic carbocycles. The number of amides is 1. The Morgan fingerprint density at radius 3 is 2.50 bits per heavy atom. The third-order valence-corrected chi connectivity index (χ3v) is 7.30. The fourth-order valence-electron chi connectivity index (χ4n) is 5.54. The largest absolute Gasteiger partial charge is 0.391 e. The van der Waals surface area contributed by atoms with Crippen LogP contribution in [0.1, 0.15) is 38.5 Å². The van der Waals surface area contributed by atoms with Crippen LogP contribution in [0.15, 0.2) is 24.3 Å². The highest BCUT2D eigenvalue weighted by atomic mass is 16.3. The molecular formula is C23H37N7O2. The van der Waals surface area contributed by atoms with Gasteiger partial charge in [0.05, 0.1) is 18.2 Å². The summed E-state index contributed by atoms with van der Waals surface area (Å²) in [4.78, 5) is 17.4. The fraction of sp³-hybridized carbons (Fsp3) is 0.696. The van der Waals surface area contributed by atoms with Gasteiger partial charge < -0.3 is 15.3 Å². The summed E-state index contributed by atoms with van der Waals surface area (Å²) in [7, 11) is 0. The van der Waals surface area contributed by atoms with Crippen LogP contribution in [0.4, 0.5) is 11.4 Å². The number of anilines is 2. The third-order valence-electron chi connectivity index (χ3n) is 7.30. The molecule has 0 aliphatic carbocycles. The molecule has 4 aliphatic rings.